The van der Waals surface area contributed by atoms with E-state index in [0.29, 0.717) is 25.0 Å². The molecule has 0 bridgehead atoms. The molecule has 124 valence electrons. The monoisotopic (exact) mass is 315 g/mol. The highest BCUT2D eigenvalue weighted by Crippen LogP contribution is 2.37. The van der Waals surface area contributed by atoms with E-state index < -0.39 is 0 Å². The molecule has 1 N–H and O–H groups in total. The molecule has 3 aliphatic rings. The summed E-state index contributed by atoms with van der Waals surface area (Å²) in [7, 11) is 0. The average Bonchev–Trinajstić information content (AvgIpc) is 3.17. The van der Waals surface area contributed by atoms with Crippen LogP contribution < -0.4 is 5.32 Å². The van der Waals surface area contributed by atoms with Crippen LogP contribution in [0, 0.1) is 11.8 Å². The van der Waals surface area contributed by atoms with E-state index in [0.717, 1.165) is 31.0 Å². The molecule has 3 atom stereocenters. The summed E-state index contributed by atoms with van der Waals surface area (Å²) in [6, 6.07) is 3.86. The Kier molecular flexibility index (Phi) is 4.31. The average molecular weight is 315 g/mol. The summed E-state index contributed by atoms with van der Waals surface area (Å²) in [5.74, 6) is 1.65. The number of likely N-dealkylation sites (tertiary alicyclic amines) is 1. The Bertz CT molecular complexity index is 532. The molecule has 4 rings (SSSR count). The predicted molar refractivity (Wildman–Crippen MR) is 86.6 cm³/mol. The maximum atomic E-state index is 12.1. The number of nitrogens with one attached hydrogen (secondary N) is 1. The highest BCUT2D eigenvalue weighted by molar-refractivity contribution is 5.76. The van der Waals surface area contributed by atoms with Crippen molar-refractivity contribution in [2.24, 2.45) is 11.8 Å². The van der Waals surface area contributed by atoms with Gasteiger partial charge in [0, 0.05) is 44.5 Å². The number of fused-ring (bicyclic) bond motifs is 1. The molecule has 23 heavy (non-hydrogen) atoms. The minimum atomic E-state index is 0.0775. The lowest BCUT2D eigenvalue weighted by Gasteiger charge is -2.18. The summed E-state index contributed by atoms with van der Waals surface area (Å²) in [6.07, 6.45) is 8.31. The van der Waals surface area contributed by atoms with Gasteiger partial charge in [0.25, 0.3) is 0 Å². The zero-order chi connectivity index (χ0) is 15.6. The number of amides is 1. The number of carbonyl (C=O) groups is 1. The van der Waals surface area contributed by atoms with Crippen LogP contribution in [-0.2, 0) is 16.1 Å². The third-order valence-corrected chi connectivity index (χ3v) is 5.23. The van der Waals surface area contributed by atoms with Crippen LogP contribution >= 0.6 is 0 Å². The zero-order valence-corrected chi connectivity index (χ0v) is 13.5. The number of nitrogens with zero attached hydrogens (tertiary/aromatic N) is 2. The van der Waals surface area contributed by atoms with Gasteiger partial charge in [-0.25, -0.2) is 0 Å². The molecule has 0 unspecified atom stereocenters. The van der Waals surface area contributed by atoms with Crippen molar-refractivity contribution in [3.63, 3.8) is 0 Å². The van der Waals surface area contributed by atoms with Crippen molar-refractivity contribution in [3.05, 3.63) is 30.1 Å². The number of aromatic nitrogens is 1. The Labute approximate surface area is 137 Å². The Morgan fingerprint density at radius 1 is 1.39 bits per heavy atom. The third-order valence-electron chi connectivity index (χ3n) is 5.23. The van der Waals surface area contributed by atoms with Crippen LogP contribution in [0.15, 0.2) is 24.5 Å². The van der Waals surface area contributed by atoms with Gasteiger partial charge in [-0.3, -0.25) is 9.78 Å². The molecule has 1 aliphatic carbocycles. The molecule has 5 heteroatoms. The second-order valence-electron chi connectivity index (χ2n) is 7.30. The first-order valence-electron chi connectivity index (χ1n) is 8.79. The van der Waals surface area contributed by atoms with Crippen molar-refractivity contribution in [3.8, 4) is 0 Å². The Hall–Kier alpha value is -1.46. The number of carbonyl (C=O) groups excluding carboxylic acids is 1. The standard InChI is InChI=1S/C18H25N3O2/c22-18(20-9-14-2-1-5-19-8-14)7-16-6-15-11-21(10-13-3-4-13)12-17(15)23-16/h1-2,5,8,13,15-17H,3-4,6-7,9-12H2,(H,20,22)/t15-,16-,17+/m0/s1. The fourth-order valence-electron chi connectivity index (χ4n) is 3.88. The molecule has 0 aromatic carbocycles. The SMILES string of the molecule is O=C(C[C@@H]1C[C@H]2CN(CC3CC3)C[C@H]2O1)NCc1cccnc1. The Morgan fingerprint density at radius 3 is 3.04 bits per heavy atom. The van der Waals surface area contributed by atoms with Crippen molar-refractivity contribution in [2.45, 2.75) is 44.4 Å². The first kappa shape index (κ1) is 15.1. The number of ether oxygens (including phenoxy) is 1. The van der Waals surface area contributed by atoms with E-state index in [9.17, 15) is 4.79 Å². The topological polar surface area (TPSA) is 54.5 Å². The first-order chi connectivity index (χ1) is 11.3. The van der Waals surface area contributed by atoms with Crippen LogP contribution in [0.2, 0.25) is 0 Å². The molecule has 2 aliphatic heterocycles. The summed E-state index contributed by atoms with van der Waals surface area (Å²) in [5.41, 5.74) is 1.03. The lowest BCUT2D eigenvalue weighted by atomic mass is 10.0. The van der Waals surface area contributed by atoms with E-state index in [1.807, 2.05) is 12.1 Å². The Morgan fingerprint density at radius 2 is 2.30 bits per heavy atom. The molecule has 3 fully saturated rings. The molecule has 2 saturated heterocycles. The number of rotatable bonds is 6. The van der Waals surface area contributed by atoms with Gasteiger partial charge in [-0.15, -0.1) is 0 Å². The van der Waals surface area contributed by atoms with Gasteiger partial charge >= 0.3 is 0 Å². The van der Waals surface area contributed by atoms with Crippen LogP contribution in [0.25, 0.3) is 0 Å². The molecule has 3 heterocycles. The molecule has 1 aromatic rings. The normalized spacial score (nSPS) is 30.3. The largest absolute Gasteiger partial charge is 0.373 e. The number of pyridine rings is 1. The molecule has 5 nitrogen and oxygen atoms in total. The van der Waals surface area contributed by atoms with Crippen molar-refractivity contribution in [1.29, 1.82) is 0 Å². The minimum Gasteiger partial charge on any atom is -0.373 e. The van der Waals surface area contributed by atoms with Gasteiger partial charge in [-0.05, 0) is 36.8 Å². The molecular weight excluding hydrogens is 290 g/mol. The third kappa shape index (κ3) is 3.90. The van der Waals surface area contributed by atoms with Gasteiger partial charge in [-0.2, -0.15) is 0 Å². The van der Waals surface area contributed by atoms with Gasteiger partial charge in [0.2, 0.25) is 5.91 Å². The summed E-state index contributed by atoms with van der Waals surface area (Å²) in [4.78, 5) is 18.7. The van der Waals surface area contributed by atoms with Gasteiger partial charge < -0.3 is 15.0 Å². The number of hydrogen-bond acceptors (Lipinski definition) is 4. The van der Waals surface area contributed by atoms with Crippen LogP contribution in [0.5, 0.6) is 0 Å². The lowest BCUT2D eigenvalue weighted by Crippen LogP contribution is -2.30. The summed E-state index contributed by atoms with van der Waals surface area (Å²) < 4.78 is 6.13. The first-order valence-corrected chi connectivity index (χ1v) is 8.79. The highest BCUT2D eigenvalue weighted by Gasteiger charge is 2.43. The van der Waals surface area contributed by atoms with Crippen LogP contribution in [0.4, 0.5) is 0 Å². The van der Waals surface area contributed by atoms with Gasteiger partial charge in [0.05, 0.1) is 18.6 Å². The van der Waals surface area contributed by atoms with Crippen molar-refractivity contribution >= 4 is 5.91 Å². The molecule has 1 aromatic heterocycles. The van der Waals surface area contributed by atoms with E-state index in [-0.39, 0.29) is 12.0 Å². The summed E-state index contributed by atoms with van der Waals surface area (Å²) in [5, 5.41) is 2.97. The van der Waals surface area contributed by atoms with Crippen molar-refractivity contribution in [2.75, 3.05) is 19.6 Å². The van der Waals surface area contributed by atoms with E-state index >= 15 is 0 Å². The molecule has 1 amide bonds. The van der Waals surface area contributed by atoms with E-state index in [1.165, 1.54) is 19.4 Å². The molecular formula is C18H25N3O2. The van der Waals surface area contributed by atoms with Gasteiger partial charge in [-0.1, -0.05) is 6.07 Å². The van der Waals surface area contributed by atoms with Gasteiger partial charge in [0.1, 0.15) is 0 Å². The Balaban J connectivity index is 1.18. The second-order valence-corrected chi connectivity index (χ2v) is 7.30. The zero-order valence-electron chi connectivity index (χ0n) is 13.5. The smallest absolute Gasteiger partial charge is 0.222 e. The predicted octanol–water partition coefficient (Wildman–Crippen LogP) is 1.59. The minimum absolute atomic E-state index is 0.0775. The maximum absolute atomic E-state index is 12.1. The highest BCUT2D eigenvalue weighted by atomic mass is 16.5. The van der Waals surface area contributed by atoms with Crippen LogP contribution in [-0.4, -0.2) is 47.6 Å². The van der Waals surface area contributed by atoms with Crippen molar-refractivity contribution in [1.82, 2.24) is 15.2 Å². The fourth-order valence-corrected chi connectivity index (χ4v) is 3.88. The lowest BCUT2D eigenvalue weighted by molar-refractivity contribution is -0.124. The summed E-state index contributed by atoms with van der Waals surface area (Å²) >= 11 is 0. The van der Waals surface area contributed by atoms with E-state index in [1.54, 1.807) is 12.4 Å². The van der Waals surface area contributed by atoms with Crippen LogP contribution in [0.3, 0.4) is 0 Å². The fraction of sp³-hybridized carbons (Fsp3) is 0.667. The van der Waals surface area contributed by atoms with E-state index in [2.05, 4.69) is 15.2 Å². The van der Waals surface area contributed by atoms with Gasteiger partial charge in [0.15, 0.2) is 0 Å². The molecule has 1 saturated carbocycles. The maximum Gasteiger partial charge on any atom is 0.222 e. The second kappa shape index (κ2) is 6.57. The van der Waals surface area contributed by atoms with Crippen LogP contribution in [0.1, 0.15) is 31.2 Å². The number of hydrogen-bond donors (Lipinski definition) is 1. The van der Waals surface area contributed by atoms with Crippen molar-refractivity contribution < 1.29 is 9.53 Å². The quantitative estimate of drug-likeness (QED) is 0.866. The molecule has 0 radical (unpaired) electrons. The molecule has 0 spiro atoms. The van der Waals surface area contributed by atoms with E-state index in [4.69, 9.17) is 4.74 Å². The summed E-state index contributed by atoms with van der Waals surface area (Å²) in [6.45, 7) is 4.03.